The highest BCUT2D eigenvalue weighted by Gasteiger charge is 2.13. The number of pyridine rings is 1. The summed E-state index contributed by atoms with van der Waals surface area (Å²) in [7, 11) is 0. The number of nitrogens with zero attached hydrogens (tertiary/aromatic N) is 2. The molecule has 1 saturated heterocycles. The summed E-state index contributed by atoms with van der Waals surface area (Å²) in [6.45, 7) is 5.37. The fourth-order valence-electron chi connectivity index (χ4n) is 3.88. The summed E-state index contributed by atoms with van der Waals surface area (Å²) in [6.07, 6.45) is 5.86. The Morgan fingerprint density at radius 2 is 1.81 bits per heavy atom. The number of hydrogen-bond donors (Lipinski definition) is 1. The molecule has 4 rings (SSSR count). The first-order valence-electron chi connectivity index (χ1n) is 9.72. The molecule has 0 spiro atoms. The van der Waals surface area contributed by atoms with Gasteiger partial charge in [-0.25, -0.2) is 4.98 Å². The monoisotopic (exact) mass is 345 g/mol. The maximum Gasteiger partial charge on any atom is 0.128 e. The molecule has 1 aliphatic rings. The van der Waals surface area contributed by atoms with Crippen molar-refractivity contribution in [2.75, 3.05) is 18.0 Å². The number of piperidine rings is 1. The summed E-state index contributed by atoms with van der Waals surface area (Å²) >= 11 is 0. The Hall–Kier alpha value is -2.39. The Morgan fingerprint density at radius 3 is 2.69 bits per heavy atom. The molecule has 1 N–H and O–H groups in total. The lowest BCUT2D eigenvalue weighted by molar-refractivity contribution is 0.568. The Morgan fingerprint density at radius 1 is 1.00 bits per heavy atom. The third kappa shape index (κ3) is 3.73. The van der Waals surface area contributed by atoms with Crippen LogP contribution < -0.4 is 10.2 Å². The SMILES string of the molecule is CC(NCc1ccnc(N2CCCCC2)c1)c1cccc2ccccc12. The summed E-state index contributed by atoms with van der Waals surface area (Å²) < 4.78 is 0. The van der Waals surface area contributed by atoms with Gasteiger partial charge in [0.25, 0.3) is 0 Å². The highest BCUT2D eigenvalue weighted by molar-refractivity contribution is 5.86. The quantitative estimate of drug-likeness (QED) is 0.699. The molecular weight excluding hydrogens is 318 g/mol. The number of anilines is 1. The van der Waals surface area contributed by atoms with Crippen molar-refractivity contribution >= 4 is 16.6 Å². The summed E-state index contributed by atoms with van der Waals surface area (Å²) in [5.41, 5.74) is 2.65. The molecule has 3 nitrogen and oxygen atoms in total. The lowest BCUT2D eigenvalue weighted by Crippen LogP contribution is -2.30. The molecular formula is C23H27N3. The minimum absolute atomic E-state index is 0.299. The molecule has 0 radical (unpaired) electrons. The third-order valence-electron chi connectivity index (χ3n) is 5.39. The predicted molar refractivity (Wildman–Crippen MR) is 110 cm³/mol. The Kier molecular flexibility index (Phi) is 5.16. The smallest absolute Gasteiger partial charge is 0.128 e. The lowest BCUT2D eigenvalue weighted by Gasteiger charge is -2.28. The Bertz CT molecular complexity index is 863. The van der Waals surface area contributed by atoms with Crippen LogP contribution in [0, 0.1) is 0 Å². The van der Waals surface area contributed by atoms with Crippen molar-refractivity contribution in [1.82, 2.24) is 10.3 Å². The van der Waals surface area contributed by atoms with Crippen LogP contribution in [0.4, 0.5) is 5.82 Å². The average Bonchev–Trinajstić information content (AvgIpc) is 2.72. The summed E-state index contributed by atoms with van der Waals surface area (Å²) in [6, 6.07) is 19.8. The lowest BCUT2D eigenvalue weighted by atomic mass is 9.99. The Labute approximate surface area is 156 Å². The van der Waals surface area contributed by atoms with Crippen molar-refractivity contribution in [1.29, 1.82) is 0 Å². The van der Waals surface area contributed by atoms with E-state index in [1.807, 2.05) is 6.20 Å². The van der Waals surface area contributed by atoms with E-state index in [0.29, 0.717) is 6.04 Å². The molecule has 1 aliphatic heterocycles. The van der Waals surface area contributed by atoms with Gasteiger partial charge in [-0.05, 0) is 60.2 Å². The van der Waals surface area contributed by atoms with Gasteiger partial charge in [0.05, 0.1) is 0 Å². The molecule has 2 aromatic carbocycles. The topological polar surface area (TPSA) is 28.2 Å². The van der Waals surface area contributed by atoms with Crippen LogP contribution in [0.25, 0.3) is 10.8 Å². The maximum atomic E-state index is 4.59. The minimum Gasteiger partial charge on any atom is -0.357 e. The molecule has 1 aromatic heterocycles. The average molecular weight is 345 g/mol. The first-order chi connectivity index (χ1) is 12.8. The van der Waals surface area contributed by atoms with Crippen LogP contribution in [0.2, 0.25) is 0 Å². The second-order valence-electron chi connectivity index (χ2n) is 7.24. The van der Waals surface area contributed by atoms with Crippen molar-refractivity contribution in [2.45, 2.75) is 38.8 Å². The van der Waals surface area contributed by atoms with Gasteiger partial charge in [0, 0.05) is 31.9 Å². The molecule has 0 saturated carbocycles. The van der Waals surface area contributed by atoms with Gasteiger partial charge in [-0.2, -0.15) is 0 Å². The van der Waals surface area contributed by atoms with Gasteiger partial charge in [0.15, 0.2) is 0 Å². The molecule has 0 amide bonds. The number of nitrogens with one attached hydrogen (secondary N) is 1. The molecule has 1 fully saturated rings. The van der Waals surface area contributed by atoms with E-state index in [2.05, 4.69) is 76.7 Å². The molecule has 3 aromatic rings. The second kappa shape index (κ2) is 7.88. The van der Waals surface area contributed by atoms with E-state index >= 15 is 0 Å². The first kappa shape index (κ1) is 17.0. The van der Waals surface area contributed by atoms with Gasteiger partial charge in [-0.3, -0.25) is 0 Å². The highest BCUT2D eigenvalue weighted by atomic mass is 15.2. The van der Waals surface area contributed by atoms with E-state index in [0.717, 1.165) is 25.5 Å². The van der Waals surface area contributed by atoms with E-state index in [9.17, 15) is 0 Å². The van der Waals surface area contributed by atoms with Crippen LogP contribution in [0.3, 0.4) is 0 Å². The summed E-state index contributed by atoms with van der Waals surface area (Å²) in [5.74, 6) is 1.13. The van der Waals surface area contributed by atoms with E-state index < -0.39 is 0 Å². The van der Waals surface area contributed by atoms with E-state index in [1.54, 1.807) is 0 Å². The van der Waals surface area contributed by atoms with Gasteiger partial charge < -0.3 is 10.2 Å². The number of fused-ring (bicyclic) bond motifs is 1. The molecule has 3 heteroatoms. The number of aromatic nitrogens is 1. The largest absolute Gasteiger partial charge is 0.357 e. The molecule has 134 valence electrons. The van der Waals surface area contributed by atoms with Crippen LogP contribution in [0.5, 0.6) is 0 Å². The fourth-order valence-corrected chi connectivity index (χ4v) is 3.88. The van der Waals surface area contributed by atoms with Crippen molar-refractivity contribution in [3.63, 3.8) is 0 Å². The van der Waals surface area contributed by atoms with Crippen LogP contribution >= 0.6 is 0 Å². The van der Waals surface area contributed by atoms with E-state index in [-0.39, 0.29) is 0 Å². The zero-order valence-corrected chi connectivity index (χ0v) is 15.5. The van der Waals surface area contributed by atoms with Crippen LogP contribution in [0.15, 0.2) is 60.8 Å². The molecule has 1 unspecified atom stereocenters. The van der Waals surface area contributed by atoms with Crippen LogP contribution in [0.1, 0.15) is 43.4 Å². The van der Waals surface area contributed by atoms with Crippen LogP contribution in [-0.2, 0) is 6.54 Å². The molecule has 26 heavy (non-hydrogen) atoms. The molecule has 0 bridgehead atoms. The zero-order chi connectivity index (χ0) is 17.8. The number of benzene rings is 2. The van der Waals surface area contributed by atoms with Crippen LogP contribution in [-0.4, -0.2) is 18.1 Å². The van der Waals surface area contributed by atoms with E-state index in [1.165, 1.54) is 41.2 Å². The third-order valence-corrected chi connectivity index (χ3v) is 5.39. The molecule has 1 atom stereocenters. The van der Waals surface area contributed by atoms with Gasteiger partial charge >= 0.3 is 0 Å². The van der Waals surface area contributed by atoms with Crippen molar-refractivity contribution < 1.29 is 0 Å². The molecule has 0 aliphatic carbocycles. The zero-order valence-electron chi connectivity index (χ0n) is 15.5. The fraction of sp³-hybridized carbons (Fsp3) is 0.348. The van der Waals surface area contributed by atoms with Gasteiger partial charge in [-0.15, -0.1) is 0 Å². The first-order valence-corrected chi connectivity index (χ1v) is 9.72. The standard InChI is InChI=1S/C23H27N3/c1-18(21-11-7-9-20-8-3-4-10-22(20)21)25-17-19-12-13-24-23(16-19)26-14-5-2-6-15-26/h3-4,7-13,16,18,25H,2,5-6,14-15,17H2,1H3. The number of rotatable bonds is 5. The van der Waals surface area contributed by atoms with Crippen molar-refractivity contribution in [3.05, 3.63) is 71.9 Å². The van der Waals surface area contributed by atoms with Gasteiger partial charge in [0.1, 0.15) is 5.82 Å². The maximum absolute atomic E-state index is 4.59. The van der Waals surface area contributed by atoms with E-state index in [4.69, 9.17) is 0 Å². The Balaban J connectivity index is 1.46. The van der Waals surface area contributed by atoms with Crippen molar-refractivity contribution in [2.24, 2.45) is 0 Å². The summed E-state index contributed by atoms with van der Waals surface area (Å²) in [4.78, 5) is 7.01. The predicted octanol–water partition coefficient (Wildman–Crippen LogP) is 5.08. The van der Waals surface area contributed by atoms with Gasteiger partial charge in [-0.1, -0.05) is 42.5 Å². The highest BCUT2D eigenvalue weighted by Crippen LogP contribution is 2.24. The number of hydrogen-bond acceptors (Lipinski definition) is 3. The molecule has 2 heterocycles. The normalized spacial score (nSPS) is 16.0. The van der Waals surface area contributed by atoms with Crippen molar-refractivity contribution in [3.8, 4) is 0 Å². The second-order valence-corrected chi connectivity index (χ2v) is 7.24. The van der Waals surface area contributed by atoms with Gasteiger partial charge in [0.2, 0.25) is 0 Å². The summed E-state index contributed by atoms with van der Waals surface area (Å²) in [5, 5.41) is 6.32. The minimum atomic E-state index is 0.299.